The van der Waals surface area contributed by atoms with Gasteiger partial charge in [0.1, 0.15) is 6.61 Å². The van der Waals surface area contributed by atoms with Gasteiger partial charge in [-0.25, -0.2) is 14.8 Å². The Morgan fingerprint density at radius 1 is 1.19 bits per heavy atom. The molecule has 2 heterocycles. The average Bonchev–Trinajstić information content (AvgIpc) is 3.07. The third-order valence-electron chi connectivity index (χ3n) is 3.90. The molecular weight excluding hydrogens is 366 g/mol. The molecule has 0 saturated carbocycles. The number of benzene rings is 1. The number of fused-ring (bicyclic) bond motifs is 1. The number of hydrogen-bond acceptors (Lipinski definition) is 7. The number of anilines is 1. The lowest BCUT2D eigenvalue weighted by molar-refractivity contribution is -0.114. The lowest BCUT2D eigenvalue weighted by Crippen LogP contribution is -2.13. The molecule has 0 spiro atoms. The summed E-state index contributed by atoms with van der Waals surface area (Å²) in [5.41, 5.74) is 3.12. The van der Waals surface area contributed by atoms with Crippen molar-refractivity contribution in [2.24, 2.45) is 0 Å². The first-order chi connectivity index (χ1) is 13.0. The molecule has 3 aromatic rings. The molecule has 0 fully saturated rings. The zero-order valence-electron chi connectivity index (χ0n) is 15.2. The fraction of sp³-hybridized carbons (Fsp3) is 0.263. The number of nitrogens with one attached hydrogen (secondary N) is 1. The lowest BCUT2D eigenvalue weighted by Gasteiger charge is -2.13. The predicted octanol–water partition coefficient (Wildman–Crippen LogP) is 3.46. The number of pyridine rings is 1. The number of aryl methyl sites for hydroxylation is 1. The zero-order valence-corrected chi connectivity index (χ0v) is 16.1. The van der Waals surface area contributed by atoms with Crippen LogP contribution >= 0.6 is 11.3 Å². The van der Waals surface area contributed by atoms with Gasteiger partial charge in [0.15, 0.2) is 5.13 Å². The van der Waals surface area contributed by atoms with Crippen LogP contribution in [0.2, 0.25) is 0 Å². The normalized spacial score (nSPS) is 10.8. The molecule has 2 aromatic heterocycles. The van der Waals surface area contributed by atoms with Crippen molar-refractivity contribution in [2.45, 2.75) is 27.1 Å². The molecule has 0 aliphatic rings. The summed E-state index contributed by atoms with van der Waals surface area (Å²) in [6.45, 7) is 3.50. The summed E-state index contributed by atoms with van der Waals surface area (Å²) in [4.78, 5) is 32.6. The maximum absolute atomic E-state index is 12.8. The van der Waals surface area contributed by atoms with Gasteiger partial charge in [-0.1, -0.05) is 18.2 Å². The molecule has 8 heteroatoms. The van der Waals surface area contributed by atoms with Gasteiger partial charge in [0.2, 0.25) is 5.91 Å². The fourth-order valence-electron chi connectivity index (χ4n) is 2.75. The van der Waals surface area contributed by atoms with Gasteiger partial charge < -0.3 is 14.8 Å². The van der Waals surface area contributed by atoms with Crippen molar-refractivity contribution >= 4 is 39.2 Å². The highest BCUT2D eigenvalue weighted by Crippen LogP contribution is 2.25. The summed E-state index contributed by atoms with van der Waals surface area (Å²) in [6.07, 6.45) is 0. The van der Waals surface area contributed by atoms with Crippen molar-refractivity contribution in [3.63, 3.8) is 0 Å². The zero-order chi connectivity index (χ0) is 19.4. The summed E-state index contributed by atoms with van der Waals surface area (Å²) in [6, 6.07) is 7.62. The molecule has 0 aliphatic heterocycles. The number of ether oxygens (including phenoxy) is 2. The summed E-state index contributed by atoms with van der Waals surface area (Å²) in [5, 5.41) is 5.70. The van der Waals surface area contributed by atoms with E-state index >= 15 is 0 Å². The molecule has 1 N–H and O–H groups in total. The molecule has 0 saturated heterocycles. The summed E-state index contributed by atoms with van der Waals surface area (Å²) in [5.74, 6) is -0.679. The Labute approximate surface area is 160 Å². The van der Waals surface area contributed by atoms with Gasteiger partial charge in [-0.05, 0) is 18.6 Å². The second-order valence-electron chi connectivity index (χ2n) is 5.91. The lowest BCUT2D eigenvalue weighted by atomic mass is 10.0. The van der Waals surface area contributed by atoms with Crippen LogP contribution in [-0.2, 0) is 27.5 Å². The first kappa shape index (κ1) is 18.9. The minimum atomic E-state index is -0.480. The number of carbonyl (C=O) groups is 2. The topological polar surface area (TPSA) is 90.4 Å². The maximum atomic E-state index is 12.8. The number of hydrogen-bond donors (Lipinski definition) is 1. The van der Waals surface area contributed by atoms with E-state index in [2.05, 4.69) is 15.3 Å². The Balaban J connectivity index is 1.84. The van der Waals surface area contributed by atoms with Crippen LogP contribution in [0.5, 0.6) is 0 Å². The van der Waals surface area contributed by atoms with Gasteiger partial charge in [-0.3, -0.25) is 4.79 Å². The predicted molar refractivity (Wildman–Crippen MR) is 103 cm³/mol. The van der Waals surface area contributed by atoms with Crippen molar-refractivity contribution < 1.29 is 19.1 Å². The van der Waals surface area contributed by atoms with Crippen LogP contribution in [0.25, 0.3) is 10.9 Å². The molecule has 7 nitrogen and oxygen atoms in total. The van der Waals surface area contributed by atoms with E-state index in [1.54, 1.807) is 12.5 Å². The van der Waals surface area contributed by atoms with Crippen LogP contribution in [0.4, 0.5) is 5.13 Å². The van der Waals surface area contributed by atoms with Crippen LogP contribution in [0, 0.1) is 6.92 Å². The largest absolute Gasteiger partial charge is 0.455 e. The standard InChI is InChI=1S/C19H19N3O4S/c1-11-14-6-4-5-7-15(14)22-16(9-25-3)17(11)18(24)26-8-13-10-27-19(21-13)20-12(2)23/h4-7,10H,8-9H2,1-3H3,(H,20,21,23). The van der Waals surface area contributed by atoms with Crippen molar-refractivity contribution in [1.82, 2.24) is 9.97 Å². The quantitative estimate of drug-likeness (QED) is 0.654. The SMILES string of the molecule is COCc1nc2ccccc2c(C)c1C(=O)OCc1csc(NC(C)=O)n1. The van der Waals surface area contributed by atoms with Gasteiger partial charge in [0.25, 0.3) is 0 Å². The van der Waals surface area contributed by atoms with Crippen LogP contribution in [-0.4, -0.2) is 29.0 Å². The Bertz CT molecular complexity index is 1000. The van der Waals surface area contributed by atoms with Gasteiger partial charge >= 0.3 is 5.97 Å². The van der Waals surface area contributed by atoms with Gasteiger partial charge in [0.05, 0.1) is 29.1 Å². The molecule has 0 bridgehead atoms. The van der Waals surface area contributed by atoms with E-state index in [1.807, 2.05) is 31.2 Å². The molecule has 27 heavy (non-hydrogen) atoms. The van der Waals surface area contributed by atoms with Gasteiger partial charge in [-0.2, -0.15) is 0 Å². The number of esters is 1. The smallest absolute Gasteiger partial charge is 0.340 e. The number of methoxy groups -OCH3 is 1. The molecule has 1 amide bonds. The third kappa shape index (κ3) is 4.29. The number of thiazole rings is 1. The van der Waals surface area contributed by atoms with E-state index in [0.29, 0.717) is 22.1 Å². The van der Waals surface area contributed by atoms with Gasteiger partial charge in [-0.15, -0.1) is 11.3 Å². The summed E-state index contributed by atoms with van der Waals surface area (Å²) < 4.78 is 10.7. The van der Waals surface area contributed by atoms with E-state index in [-0.39, 0.29) is 19.1 Å². The van der Waals surface area contributed by atoms with Crippen molar-refractivity contribution in [3.05, 3.63) is 52.2 Å². The minimum absolute atomic E-state index is 0.00755. The molecule has 0 radical (unpaired) electrons. The molecule has 3 rings (SSSR count). The highest BCUT2D eigenvalue weighted by molar-refractivity contribution is 7.13. The molecule has 0 aliphatic carbocycles. The Kier molecular flexibility index (Phi) is 5.78. The molecule has 140 valence electrons. The van der Waals surface area contributed by atoms with E-state index in [9.17, 15) is 9.59 Å². The molecular formula is C19H19N3O4S. The molecule has 0 unspecified atom stereocenters. The maximum Gasteiger partial charge on any atom is 0.340 e. The van der Waals surface area contributed by atoms with Gasteiger partial charge in [0, 0.05) is 24.8 Å². The Morgan fingerprint density at radius 3 is 2.70 bits per heavy atom. The number of para-hydroxylation sites is 1. The monoisotopic (exact) mass is 385 g/mol. The summed E-state index contributed by atoms with van der Waals surface area (Å²) in [7, 11) is 1.56. The third-order valence-corrected chi connectivity index (χ3v) is 4.70. The van der Waals surface area contributed by atoms with E-state index in [1.165, 1.54) is 18.3 Å². The second kappa shape index (κ2) is 8.24. The Morgan fingerprint density at radius 2 is 1.96 bits per heavy atom. The van der Waals surface area contributed by atoms with Crippen LogP contribution in [0.15, 0.2) is 29.6 Å². The Hall–Kier alpha value is -2.84. The summed E-state index contributed by atoms with van der Waals surface area (Å²) >= 11 is 1.27. The molecule has 1 aromatic carbocycles. The van der Waals surface area contributed by atoms with Crippen molar-refractivity contribution in [1.29, 1.82) is 0 Å². The molecule has 0 atom stereocenters. The fourth-order valence-corrected chi connectivity index (χ4v) is 3.49. The number of amides is 1. The van der Waals surface area contributed by atoms with E-state index < -0.39 is 5.97 Å². The van der Waals surface area contributed by atoms with Crippen molar-refractivity contribution in [3.8, 4) is 0 Å². The minimum Gasteiger partial charge on any atom is -0.455 e. The first-order valence-corrected chi connectivity index (χ1v) is 9.14. The van der Waals surface area contributed by atoms with Crippen LogP contribution in [0.3, 0.4) is 0 Å². The number of carbonyl (C=O) groups excluding carboxylic acids is 2. The highest BCUT2D eigenvalue weighted by Gasteiger charge is 2.20. The average molecular weight is 385 g/mol. The highest BCUT2D eigenvalue weighted by atomic mass is 32.1. The van der Waals surface area contributed by atoms with Crippen LogP contribution < -0.4 is 5.32 Å². The number of rotatable bonds is 6. The second-order valence-corrected chi connectivity index (χ2v) is 6.77. The van der Waals surface area contributed by atoms with E-state index in [4.69, 9.17) is 9.47 Å². The first-order valence-electron chi connectivity index (χ1n) is 8.26. The van der Waals surface area contributed by atoms with Crippen molar-refractivity contribution in [2.75, 3.05) is 12.4 Å². The van der Waals surface area contributed by atoms with E-state index in [0.717, 1.165) is 16.5 Å². The number of aromatic nitrogens is 2. The number of nitrogens with zero attached hydrogens (tertiary/aromatic N) is 2. The van der Waals surface area contributed by atoms with Crippen LogP contribution in [0.1, 0.15) is 34.2 Å².